The van der Waals surface area contributed by atoms with Crippen LogP contribution in [0.25, 0.3) is 21.9 Å². The van der Waals surface area contributed by atoms with Crippen molar-refractivity contribution in [2.24, 2.45) is 0 Å². The van der Waals surface area contributed by atoms with Crippen molar-refractivity contribution >= 4 is 16.7 Å². The quantitative estimate of drug-likeness (QED) is 0.742. The van der Waals surface area contributed by atoms with Gasteiger partial charge in [0.2, 0.25) is 0 Å². The molecule has 1 aromatic heterocycles. The molecule has 0 saturated heterocycles. The summed E-state index contributed by atoms with van der Waals surface area (Å²) in [5, 5.41) is 1.64. The number of nitrogens with zero attached hydrogens (tertiary/aromatic N) is 2. The van der Waals surface area contributed by atoms with Gasteiger partial charge in [-0.2, -0.15) is 0 Å². The highest BCUT2D eigenvalue weighted by Gasteiger charge is 2.11. The van der Waals surface area contributed by atoms with Crippen molar-refractivity contribution in [3.63, 3.8) is 0 Å². The van der Waals surface area contributed by atoms with Crippen molar-refractivity contribution in [3.05, 3.63) is 70.6 Å². The van der Waals surface area contributed by atoms with Gasteiger partial charge in [0.1, 0.15) is 0 Å². The number of rotatable bonds is 3. The summed E-state index contributed by atoms with van der Waals surface area (Å²) in [5.41, 5.74) is 2.66. The number of hydrogen-bond donors (Lipinski definition) is 0. The third-order valence-corrected chi connectivity index (χ3v) is 4.18. The van der Waals surface area contributed by atoms with Gasteiger partial charge in [-0.15, -0.1) is 0 Å². The van der Waals surface area contributed by atoms with Crippen molar-refractivity contribution in [1.29, 1.82) is 0 Å². The van der Waals surface area contributed by atoms with Gasteiger partial charge >= 0.3 is 0 Å². The normalized spacial score (nSPS) is 10.8. The molecule has 0 saturated carbocycles. The van der Waals surface area contributed by atoms with Crippen molar-refractivity contribution < 1.29 is 4.79 Å². The first-order chi connectivity index (χ1) is 11.5. The van der Waals surface area contributed by atoms with E-state index in [1.807, 2.05) is 61.7 Å². The molecule has 1 heterocycles. The van der Waals surface area contributed by atoms with E-state index in [9.17, 15) is 9.59 Å². The number of amides is 1. The van der Waals surface area contributed by atoms with Gasteiger partial charge in [0, 0.05) is 43.4 Å². The Labute approximate surface area is 141 Å². The van der Waals surface area contributed by atoms with Crippen LogP contribution in [0.15, 0.2) is 59.5 Å². The average molecular weight is 320 g/mol. The highest BCUT2D eigenvalue weighted by atomic mass is 16.2. The van der Waals surface area contributed by atoms with E-state index in [0.29, 0.717) is 17.5 Å². The van der Waals surface area contributed by atoms with Crippen molar-refractivity contribution in [2.45, 2.75) is 13.5 Å². The summed E-state index contributed by atoms with van der Waals surface area (Å²) >= 11 is 0. The van der Waals surface area contributed by atoms with Crippen molar-refractivity contribution in [2.75, 3.05) is 14.1 Å². The minimum absolute atomic E-state index is 0.0232. The van der Waals surface area contributed by atoms with E-state index in [1.165, 1.54) is 0 Å². The number of hydrogen-bond acceptors (Lipinski definition) is 2. The third-order valence-electron chi connectivity index (χ3n) is 4.18. The molecule has 1 amide bonds. The van der Waals surface area contributed by atoms with Crippen LogP contribution in [0.4, 0.5) is 0 Å². The number of carbonyl (C=O) groups is 1. The van der Waals surface area contributed by atoms with Crippen LogP contribution in [-0.4, -0.2) is 29.5 Å². The van der Waals surface area contributed by atoms with Crippen molar-refractivity contribution in [3.8, 4) is 11.1 Å². The molecule has 0 fully saturated rings. The predicted octanol–water partition coefficient (Wildman–Crippen LogP) is 3.39. The van der Waals surface area contributed by atoms with Crippen LogP contribution in [0.5, 0.6) is 0 Å². The van der Waals surface area contributed by atoms with E-state index >= 15 is 0 Å². The lowest BCUT2D eigenvalue weighted by molar-refractivity contribution is 0.0827. The Morgan fingerprint density at radius 1 is 1.00 bits per heavy atom. The molecular formula is C20H20N2O2. The van der Waals surface area contributed by atoms with Gasteiger partial charge < -0.3 is 9.47 Å². The third kappa shape index (κ3) is 2.71. The van der Waals surface area contributed by atoms with Crippen LogP contribution in [0.2, 0.25) is 0 Å². The van der Waals surface area contributed by atoms with Gasteiger partial charge in [0.15, 0.2) is 0 Å². The topological polar surface area (TPSA) is 42.3 Å². The maximum absolute atomic E-state index is 12.5. The molecule has 3 rings (SSSR count). The number of fused-ring (bicyclic) bond motifs is 1. The molecule has 122 valence electrons. The molecule has 0 aliphatic rings. The Bertz CT molecular complexity index is 954. The Morgan fingerprint density at radius 2 is 1.62 bits per heavy atom. The molecule has 4 heteroatoms. The highest BCUT2D eigenvalue weighted by molar-refractivity contribution is 5.97. The lowest BCUT2D eigenvalue weighted by atomic mass is 9.99. The van der Waals surface area contributed by atoms with Gasteiger partial charge in [-0.25, -0.2) is 0 Å². The summed E-state index contributed by atoms with van der Waals surface area (Å²) in [4.78, 5) is 26.1. The molecule has 3 aromatic rings. The van der Waals surface area contributed by atoms with Crippen LogP contribution in [0.1, 0.15) is 17.3 Å². The summed E-state index contributed by atoms with van der Waals surface area (Å²) in [5.74, 6) is -0.0232. The second-order valence-electron chi connectivity index (χ2n) is 5.96. The van der Waals surface area contributed by atoms with E-state index in [4.69, 9.17) is 0 Å². The first kappa shape index (κ1) is 16.0. The van der Waals surface area contributed by atoms with Gasteiger partial charge in [-0.05, 0) is 36.1 Å². The average Bonchev–Trinajstić information content (AvgIpc) is 2.62. The first-order valence-electron chi connectivity index (χ1n) is 7.97. The first-order valence-corrected chi connectivity index (χ1v) is 7.97. The summed E-state index contributed by atoms with van der Waals surface area (Å²) in [7, 11) is 3.47. The summed E-state index contributed by atoms with van der Waals surface area (Å²) in [6.07, 6.45) is 1.90. The van der Waals surface area contributed by atoms with Crippen LogP contribution in [-0.2, 0) is 6.54 Å². The molecule has 0 spiro atoms. The maximum atomic E-state index is 12.5. The van der Waals surface area contributed by atoms with Crippen LogP contribution in [0.3, 0.4) is 0 Å². The van der Waals surface area contributed by atoms with E-state index in [-0.39, 0.29) is 11.5 Å². The highest BCUT2D eigenvalue weighted by Crippen LogP contribution is 2.27. The lowest BCUT2D eigenvalue weighted by Gasteiger charge is -2.13. The predicted molar refractivity (Wildman–Crippen MR) is 97.3 cm³/mol. The monoisotopic (exact) mass is 320 g/mol. The largest absolute Gasteiger partial charge is 0.345 e. The SMILES string of the molecule is CCn1cc(-c2ccc(C(=O)N(C)C)cc2)c2ccccc2c1=O. The number of benzene rings is 2. The summed E-state index contributed by atoms with van der Waals surface area (Å²) in [6.45, 7) is 2.58. The molecule has 0 aliphatic heterocycles. The fraction of sp³-hybridized carbons (Fsp3) is 0.200. The van der Waals surface area contributed by atoms with Crippen LogP contribution in [0, 0.1) is 0 Å². The molecule has 2 aromatic carbocycles. The van der Waals surface area contributed by atoms with Gasteiger partial charge in [-0.3, -0.25) is 9.59 Å². The minimum atomic E-state index is -0.0232. The zero-order valence-corrected chi connectivity index (χ0v) is 14.1. The molecule has 0 unspecified atom stereocenters. The minimum Gasteiger partial charge on any atom is -0.345 e. The molecule has 4 nitrogen and oxygen atoms in total. The summed E-state index contributed by atoms with van der Waals surface area (Å²) < 4.78 is 1.72. The number of aromatic nitrogens is 1. The van der Waals surface area contributed by atoms with E-state index in [0.717, 1.165) is 16.5 Å². The Morgan fingerprint density at radius 3 is 2.21 bits per heavy atom. The van der Waals surface area contributed by atoms with Gasteiger partial charge in [0.25, 0.3) is 11.5 Å². The van der Waals surface area contributed by atoms with Crippen LogP contribution < -0.4 is 5.56 Å². The zero-order valence-electron chi connectivity index (χ0n) is 14.1. The smallest absolute Gasteiger partial charge is 0.258 e. The Balaban J connectivity index is 2.18. The number of carbonyl (C=O) groups excluding carboxylic acids is 1. The second kappa shape index (κ2) is 6.32. The molecule has 24 heavy (non-hydrogen) atoms. The lowest BCUT2D eigenvalue weighted by Crippen LogP contribution is -2.21. The van der Waals surface area contributed by atoms with Gasteiger partial charge in [0.05, 0.1) is 0 Å². The second-order valence-corrected chi connectivity index (χ2v) is 5.96. The van der Waals surface area contributed by atoms with Crippen LogP contribution >= 0.6 is 0 Å². The van der Waals surface area contributed by atoms with E-state index < -0.39 is 0 Å². The molecule has 0 aliphatic carbocycles. The molecule has 0 atom stereocenters. The fourth-order valence-corrected chi connectivity index (χ4v) is 2.86. The fourth-order valence-electron chi connectivity index (χ4n) is 2.86. The molecule has 0 radical (unpaired) electrons. The maximum Gasteiger partial charge on any atom is 0.258 e. The Hall–Kier alpha value is -2.88. The summed E-state index contributed by atoms with van der Waals surface area (Å²) in [6, 6.07) is 15.2. The zero-order chi connectivity index (χ0) is 17.3. The standard InChI is InChI=1S/C20H20N2O2/c1-4-22-13-18(16-7-5-6-8-17(16)20(22)24)14-9-11-15(12-10-14)19(23)21(2)3/h5-13H,4H2,1-3H3. The van der Waals surface area contributed by atoms with E-state index in [1.54, 1.807) is 23.6 Å². The molecule has 0 N–H and O–H groups in total. The Kier molecular flexibility index (Phi) is 4.21. The molecule has 0 bridgehead atoms. The van der Waals surface area contributed by atoms with Gasteiger partial charge in [-0.1, -0.05) is 30.3 Å². The number of pyridine rings is 1. The van der Waals surface area contributed by atoms with Crippen molar-refractivity contribution in [1.82, 2.24) is 9.47 Å². The molecular weight excluding hydrogens is 300 g/mol. The number of aryl methyl sites for hydroxylation is 1. The van der Waals surface area contributed by atoms with E-state index in [2.05, 4.69) is 0 Å².